The van der Waals surface area contributed by atoms with Gasteiger partial charge in [-0.25, -0.2) is 0 Å². The second-order valence-corrected chi connectivity index (χ2v) is 8.94. The Balaban J connectivity index is 1.79. The molecule has 0 saturated heterocycles. The standard InChI is InChI=1S/C26H20Cl2N4O3/c1-14-8-10-19(17(27)12-14)29-25(33)23-22-16-6-4-5-7-20(16)31(2)24(22)26(34)32(30-23)15-9-11-21(35-3)18(28)13-15/h4-13H,1-3H3,(H,29,33). The topological polar surface area (TPSA) is 78.2 Å². The zero-order valence-electron chi connectivity index (χ0n) is 19.1. The van der Waals surface area contributed by atoms with Crippen LogP contribution in [0.5, 0.6) is 5.75 Å². The predicted octanol–water partition coefficient (Wildman–Crippen LogP) is 5.75. The summed E-state index contributed by atoms with van der Waals surface area (Å²) >= 11 is 12.7. The Kier molecular flexibility index (Phi) is 5.75. The van der Waals surface area contributed by atoms with E-state index >= 15 is 0 Å². The van der Waals surface area contributed by atoms with Crippen LogP contribution in [0.4, 0.5) is 5.69 Å². The maximum absolute atomic E-state index is 13.7. The monoisotopic (exact) mass is 506 g/mol. The normalized spacial score (nSPS) is 11.2. The average Bonchev–Trinajstić information content (AvgIpc) is 3.14. The molecule has 3 aromatic carbocycles. The maximum Gasteiger partial charge on any atom is 0.296 e. The average molecular weight is 507 g/mol. The van der Waals surface area contributed by atoms with Gasteiger partial charge in [0.2, 0.25) is 0 Å². The highest BCUT2D eigenvalue weighted by atomic mass is 35.5. The summed E-state index contributed by atoms with van der Waals surface area (Å²) in [6.07, 6.45) is 0. The molecule has 9 heteroatoms. The van der Waals surface area contributed by atoms with E-state index in [-0.39, 0.29) is 11.3 Å². The molecule has 2 heterocycles. The maximum atomic E-state index is 13.7. The molecule has 0 bridgehead atoms. The van der Waals surface area contributed by atoms with Crippen molar-refractivity contribution in [3.8, 4) is 11.4 Å². The first-order chi connectivity index (χ1) is 16.8. The summed E-state index contributed by atoms with van der Waals surface area (Å²) in [5, 5.41) is 9.28. The predicted molar refractivity (Wildman–Crippen MR) is 140 cm³/mol. The first-order valence-electron chi connectivity index (χ1n) is 10.7. The summed E-state index contributed by atoms with van der Waals surface area (Å²) in [6.45, 7) is 1.91. The Morgan fingerprint density at radius 2 is 1.80 bits per heavy atom. The van der Waals surface area contributed by atoms with Crippen molar-refractivity contribution in [2.24, 2.45) is 7.05 Å². The molecule has 1 N–H and O–H groups in total. The first-order valence-corrected chi connectivity index (χ1v) is 11.5. The van der Waals surface area contributed by atoms with Crippen molar-refractivity contribution in [1.29, 1.82) is 0 Å². The van der Waals surface area contributed by atoms with Gasteiger partial charge in [-0.1, -0.05) is 47.5 Å². The number of carbonyl (C=O) groups is 1. The molecule has 35 heavy (non-hydrogen) atoms. The van der Waals surface area contributed by atoms with Crippen LogP contribution in [0.2, 0.25) is 10.0 Å². The summed E-state index contributed by atoms with van der Waals surface area (Å²) in [6, 6.07) is 17.7. The summed E-state index contributed by atoms with van der Waals surface area (Å²) in [7, 11) is 3.29. The van der Waals surface area contributed by atoms with Crippen molar-refractivity contribution < 1.29 is 9.53 Å². The molecule has 0 atom stereocenters. The molecule has 0 saturated carbocycles. The third-order valence-corrected chi connectivity index (χ3v) is 6.51. The molecule has 5 aromatic rings. The number of rotatable bonds is 4. The number of hydrogen-bond donors (Lipinski definition) is 1. The third kappa shape index (κ3) is 3.83. The van der Waals surface area contributed by atoms with E-state index in [0.717, 1.165) is 16.5 Å². The van der Waals surface area contributed by atoms with Crippen molar-refractivity contribution in [3.63, 3.8) is 0 Å². The van der Waals surface area contributed by atoms with Gasteiger partial charge in [0.05, 0.1) is 28.5 Å². The minimum atomic E-state index is -0.495. The summed E-state index contributed by atoms with van der Waals surface area (Å²) in [4.78, 5) is 27.2. The van der Waals surface area contributed by atoms with Crippen molar-refractivity contribution in [1.82, 2.24) is 14.3 Å². The lowest BCUT2D eigenvalue weighted by Crippen LogP contribution is -2.27. The molecule has 0 unspecified atom stereocenters. The number of methoxy groups -OCH3 is 1. The molecule has 2 aromatic heterocycles. The van der Waals surface area contributed by atoms with Crippen LogP contribution in [-0.2, 0) is 7.05 Å². The van der Waals surface area contributed by atoms with Gasteiger partial charge in [-0.05, 0) is 48.9 Å². The SMILES string of the molecule is COc1ccc(-n2nc(C(=O)Nc3ccc(C)cc3Cl)c3c4ccccc4n(C)c3c2=O)cc1Cl. The highest BCUT2D eigenvalue weighted by molar-refractivity contribution is 6.34. The number of carbonyl (C=O) groups excluding carboxylic acids is 1. The smallest absolute Gasteiger partial charge is 0.296 e. The summed E-state index contributed by atoms with van der Waals surface area (Å²) in [5.74, 6) is -0.0356. The number of nitrogens with zero attached hydrogens (tertiary/aromatic N) is 3. The summed E-state index contributed by atoms with van der Waals surface area (Å²) in [5.41, 5.74) is 2.65. The number of benzene rings is 3. The van der Waals surface area contributed by atoms with Gasteiger partial charge >= 0.3 is 0 Å². The molecule has 7 nitrogen and oxygen atoms in total. The fraction of sp³-hybridized carbons (Fsp3) is 0.115. The molecular weight excluding hydrogens is 487 g/mol. The number of nitrogens with one attached hydrogen (secondary N) is 1. The van der Waals surface area contributed by atoms with Gasteiger partial charge in [-0.3, -0.25) is 9.59 Å². The van der Waals surface area contributed by atoms with E-state index in [2.05, 4.69) is 10.4 Å². The van der Waals surface area contributed by atoms with Gasteiger partial charge in [-0.2, -0.15) is 9.78 Å². The number of hydrogen-bond acceptors (Lipinski definition) is 4. The zero-order valence-corrected chi connectivity index (χ0v) is 20.6. The number of anilines is 1. The van der Waals surface area contributed by atoms with E-state index in [9.17, 15) is 9.59 Å². The van der Waals surface area contributed by atoms with Crippen LogP contribution in [0.3, 0.4) is 0 Å². The number of aryl methyl sites for hydroxylation is 2. The first kappa shape index (κ1) is 23.0. The minimum absolute atomic E-state index is 0.0833. The van der Waals surface area contributed by atoms with Crippen LogP contribution in [0.25, 0.3) is 27.5 Å². The van der Waals surface area contributed by atoms with Crippen molar-refractivity contribution in [2.45, 2.75) is 6.92 Å². The Labute approximate surface area is 210 Å². The molecule has 1 amide bonds. The fourth-order valence-electron chi connectivity index (χ4n) is 4.20. The fourth-order valence-corrected chi connectivity index (χ4v) is 4.74. The molecule has 0 spiro atoms. The van der Waals surface area contributed by atoms with E-state index in [4.69, 9.17) is 27.9 Å². The molecule has 0 fully saturated rings. The van der Waals surface area contributed by atoms with Crippen LogP contribution < -0.4 is 15.6 Å². The van der Waals surface area contributed by atoms with E-state index < -0.39 is 5.91 Å². The van der Waals surface area contributed by atoms with Gasteiger partial charge < -0.3 is 14.6 Å². The van der Waals surface area contributed by atoms with Crippen molar-refractivity contribution in [2.75, 3.05) is 12.4 Å². The zero-order chi connectivity index (χ0) is 24.9. The second kappa shape index (κ2) is 8.76. The lowest BCUT2D eigenvalue weighted by Gasteiger charge is -2.12. The lowest BCUT2D eigenvalue weighted by molar-refractivity contribution is 0.102. The highest BCUT2D eigenvalue weighted by Gasteiger charge is 2.24. The number of amides is 1. The molecule has 0 aliphatic carbocycles. The molecule has 0 radical (unpaired) electrons. The molecule has 176 valence electrons. The van der Waals surface area contributed by atoms with Gasteiger partial charge in [0.1, 0.15) is 11.3 Å². The highest BCUT2D eigenvalue weighted by Crippen LogP contribution is 2.31. The second-order valence-electron chi connectivity index (χ2n) is 8.12. The Morgan fingerprint density at radius 3 is 2.51 bits per heavy atom. The van der Waals surface area contributed by atoms with Crippen LogP contribution in [0, 0.1) is 6.92 Å². The number of halogens is 2. The Morgan fingerprint density at radius 1 is 1.03 bits per heavy atom. The van der Waals surface area contributed by atoms with Crippen LogP contribution in [-0.4, -0.2) is 27.4 Å². The van der Waals surface area contributed by atoms with Crippen molar-refractivity contribution in [3.05, 3.63) is 92.3 Å². The van der Waals surface area contributed by atoms with Gasteiger partial charge in [0.15, 0.2) is 5.69 Å². The quantitative estimate of drug-likeness (QED) is 0.336. The van der Waals surface area contributed by atoms with Gasteiger partial charge in [0.25, 0.3) is 11.5 Å². The molecule has 5 rings (SSSR count). The van der Waals surface area contributed by atoms with E-state index in [1.165, 1.54) is 11.8 Å². The van der Waals surface area contributed by atoms with E-state index in [1.807, 2.05) is 37.3 Å². The summed E-state index contributed by atoms with van der Waals surface area (Å²) < 4.78 is 8.17. The molecule has 0 aliphatic rings. The number of aromatic nitrogens is 3. The van der Waals surface area contributed by atoms with Crippen LogP contribution in [0.1, 0.15) is 16.1 Å². The van der Waals surface area contributed by atoms with Crippen LogP contribution >= 0.6 is 23.2 Å². The van der Waals surface area contributed by atoms with Gasteiger partial charge in [-0.15, -0.1) is 0 Å². The Bertz CT molecular complexity index is 1710. The number of ether oxygens (including phenoxy) is 1. The Hall–Kier alpha value is -3.81. The number of para-hydroxylation sites is 1. The van der Waals surface area contributed by atoms with Crippen LogP contribution in [0.15, 0.2) is 65.5 Å². The van der Waals surface area contributed by atoms with Gasteiger partial charge in [0, 0.05) is 23.3 Å². The van der Waals surface area contributed by atoms with E-state index in [1.54, 1.807) is 41.9 Å². The minimum Gasteiger partial charge on any atom is -0.495 e. The van der Waals surface area contributed by atoms with E-state index in [0.29, 0.717) is 38.1 Å². The largest absolute Gasteiger partial charge is 0.495 e. The van der Waals surface area contributed by atoms with Crippen molar-refractivity contribution >= 4 is 56.6 Å². The number of fused-ring (bicyclic) bond motifs is 3. The molecule has 0 aliphatic heterocycles. The lowest BCUT2D eigenvalue weighted by atomic mass is 10.1. The molecular formula is C26H20Cl2N4O3. The third-order valence-electron chi connectivity index (χ3n) is 5.91.